The van der Waals surface area contributed by atoms with Crippen molar-refractivity contribution in [1.29, 1.82) is 0 Å². The largest absolute Gasteiger partial charge is 0.417 e. The number of nitrogens with zero attached hydrogens (tertiary/aromatic N) is 4. The summed E-state index contributed by atoms with van der Waals surface area (Å²) >= 11 is 6.97. The Kier molecular flexibility index (Phi) is 5.20. The van der Waals surface area contributed by atoms with E-state index in [4.69, 9.17) is 11.6 Å². The number of hydrogen-bond donors (Lipinski definition) is 0. The molecule has 1 atom stereocenters. The van der Waals surface area contributed by atoms with E-state index in [0.717, 1.165) is 48.1 Å². The second kappa shape index (κ2) is 7.53. The van der Waals surface area contributed by atoms with Gasteiger partial charge in [-0.3, -0.25) is 9.20 Å². The number of anilines is 1. The molecule has 0 fully saturated rings. The van der Waals surface area contributed by atoms with Crippen molar-refractivity contribution in [3.05, 3.63) is 52.7 Å². The lowest BCUT2D eigenvalue weighted by Crippen LogP contribution is -2.43. The molecule has 0 spiro atoms. The molecule has 0 aliphatic carbocycles. The fraction of sp³-hybridized carbons (Fsp3) is 0.316. The lowest BCUT2D eigenvalue weighted by atomic mass is 9.97. The smallest absolute Gasteiger partial charge is 0.309 e. The third-order valence-electron chi connectivity index (χ3n) is 4.87. The molecular formula is C19H16ClF3N4OS. The van der Waals surface area contributed by atoms with Crippen molar-refractivity contribution >= 4 is 40.6 Å². The van der Waals surface area contributed by atoms with Crippen molar-refractivity contribution in [1.82, 2.24) is 14.6 Å². The Hall–Kier alpha value is -2.26. The van der Waals surface area contributed by atoms with E-state index in [1.807, 2.05) is 31.2 Å². The van der Waals surface area contributed by atoms with Crippen LogP contribution in [-0.2, 0) is 17.4 Å². The SMILES string of the molecule is CC1CCc2ccccc2N1C(=O)CSc1nnc2c(Cl)cc(C(F)(F)F)cn12. The second-order valence-electron chi connectivity index (χ2n) is 6.82. The summed E-state index contributed by atoms with van der Waals surface area (Å²) in [6.07, 6.45) is -1.90. The summed E-state index contributed by atoms with van der Waals surface area (Å²) in [5.41, 5.74) is 1.21. The molecule has 3 aromatic rings. The first-order valence-electron chi connectivity index (χ1n) is 8.90. The Bertz CT molecular complexity index is 1080. The number of thioether (sulfide) groups is 1. The quantitative estimate of drug-likeness (QED) is 0.546. The van der Waals surface area contributed by atoms with E-state index in [1.165, 1.54) is 4.40 Å². The Morgan fingerprint density at radius 1 is 1.31 bits per heavy atom. The minimum atomic E-state index is -4.55. The summed E-state index contributed by atoms with van der Waals surface area (Å²) in [6.45, 7) is 1.99. The number of hydrogen-bond acceptors (Lipinski definition) is 4. The van der Waals surface area contributed by atoms with E-state index < -0.39 is 11.7 Å². The van der Waals surface area contributed by atoms with Gasteiger partial charge in [-0.1, -0.05) is 41.6 Å². The predicted octanol–water partition coefficient (Wildman–Crippen LogP) is 4.86. The number of pyridine rings is 1. The summed E-state index contributed by atoms with van der Waals surface area (Å²) in [5.74, 6) is -0.114. The number of aromatic nitrogens is 3. The van der Waals surface area contributed by atoms with Gasteiger partial charge in [0.15, 0.2) is 10.8 Å². The lowest BCUT2D eigenvalue weighted by Gasteiger charge is -2.35. The van der Waals surface area contributed by atoms with Crippen LogP contribution in [0.3, 0.4) is 0 Å². The summed E-state index contributed by atoms with van der Waals surface area (Å²) < 4.78 is 40.5. The standard InChI is InChI=1S/C19H16ClF3N4OS/c1-11-6-7-12-4-2-3-5-15(12)27(11)16(28)10-29-18-25-24-17-14(20)8-13(9-26(17)18)19(21,22)23/h2-5,8-9,11H,6-7,10H2,1H3. The van der Waals surface area contributed by atoms with E-state index >= 15 is 0 Å². The molecule has 1 amide bonds. The predicted molar refractivity (Wildman–Crippen MR) is 105 cm³/mol. The molecule has 0 N–H and O–H groups in total. The third kappa shape index (κ3) is 3.81. The van der Waals surface area contributed by atoms with Gasteiger partial charge in [-0.15, -0.1) is 10.2 Å². The molecule has 1 aliphatic heterocycles. The van der Waals surface area contributed by atoms with Crippen LogP contribution in [0.4, 0.5) is 18.9 Å². The molecular weight excluding hydrogens is 425 g/mol. The topological polar surface area (TPSA) is 50.5 Å². The fourth-order valence-electron chi connectivity index (χ4n) is 3.45. The molecule has 3 heterocycles. The molecule has 5 nitrogen and oxygen atoms in total. The van der Waals surface area contributed by atoms with Crippen molar-refractivity contribution in [3.8, 4) is 0 Å². The monoisotopic (exact) mass is 440 g/mol. The number of aryl methyl sites for hydroxylation is 1. The molecule has 0 bridgehead atoms. The first-order valence-corrected chi connectivity index (χ1v) is 10.3. The molecule has 0 saturated carbocycles. The summed E-state index contributed by atoms with van der Waals surface area (Å²) in [6, 6.07) is 8.60. The molecule has 29 heavy (non-hydrogen) atoms. The van der Waals surface area contributed by atoms with Crippen molar-refractivity contribution in [2.75, 3.05) is 10.7 Å². The number of carbonyl (C=O) groups is 1. The highest BCUT2D eigenvalue weighted by atomic mass is 35.5. The molecule has 1 aliphatic rings. The average Bonchev–Trinajstić information content (AvgIpc) is 3.09. The minimum Gasteiger partial charge on any atom is -0.309 e. The normalized spacial score (nSPS) is 16.9. The number of amides is 1. The van der Waals surface area contributed by atoms with E-state index in [2.05, 4.69) is 10.2 Å². The third-order valence-corrected chi connectivity index (χ3v) is 6.08. The summed E-state index contributed by atoms with van der Waals surface area (Å²) in [7, 11) is 0. The minimum absolute atomic E-state index is 0.0212. The highest BCUT2D eigenvalue weighted by Crippen LogP contribution is 2.34. The first-order chi connectivity index (χ1) is 13.8. The molecule has 2 aromatic heterocycles. The van der Waals surface area contributed by atoms with Gasteiger partial charge >= 0.3 is 6.18 Å². The average molecular weight is 441 g/mol. The van der Waals surface area contributed by atoms with Gasteiger partial charge in [-0.25, -0.2) is 0 Å². The highest BCUT2D eigenvalue weighted by molar-refractivity contribution is 7.99. The molecule has 0 saturated heterocycles. The number of rotatable bonds is 3. The van der Waals surface area contributed by atoms with Crippen molar-refractivity contribution in [3.63, 3.8) is 0 Å². The number of para-hydroxylation sites is 1. The van der Waals surface area contributed by atoms with Crippen LogP contribution < -0.4 is 4.90 Å². The Balaban J connectivity index is 1.59. The van der Waals surface area contributed by atoms with E-state index in [0.29, 0.717) is 0 Å². The molecule has 10 heteroatoms. The van der Waals surface area contributed by atoms with Gasteiger partial charge in [0.05, 0.1) is 16.3 Å². The lowest BCUT2D eigenvalue weighted by molar-refractivity contribution is -0.137. The summed E-state index contributed by atoms with van der Waals surface area (Å²) in [4.78, 5) is 14.7. The summed E-state index contributed by atoms with van der Waals surface area (Å²) in [5, 5.41) is 7.79. The highest BCUT2D eigenvalue weighted by Gasteiger charge is 2.33. The molecule has 1 aromatic carbocycles. The van der Waals surface area contributed by atoms with Crippen LogP contribution >= 0.6 is 23.4 Å². The van der Waals surface area contributed by atoms with E-state index in [9.17, 15) is 18.0 Å². The number of benzene rings is 1. The zero-order chi connectivity index (χ0) is 20.8. The van der Waals surface area contributed by atoms with Crippen LogP contribution in [-0.4, -0.2) is 32.3 Å². The van der Waals surface area contributed by atoms with Crippen molar-refractivity contribution < 1.29 is 18.0 Å². The number of halogens is 4. The van der Waals surface area contributed by atoms with Gasteiger partial charge in [0.2, 0.25) is 5.91 Å². The van der Waals surface area contributed by atoms with Crippen LogP contribution in [0.2, 0.25) is 5.02 Å². The first kappa shape index (κ1) is 20.0. The van der Waals surface area contributed by atoms with Gasteiger partial charge < -0.3 is 4.90 Å². The van der Waals surface area contributed by atoms with Gasteiger partial charge in [-0.2, -0.15) is 13.2 Å². The zero-order valence-corrected chi connectivity index (χ0v) is 16.9. The number of fused-ring (bicyclic) bond motifs is 2. The van der Waals surface area contributed by atoms with Crippen LogP contribution in [0.1, 0.15) is 24.5 Å². The van der Waals surface area contributed by atoms with Gasteiger partial charge in [0, 0.05) is 17.9 Å². The van der Waals surface area contributed by atoms with Gasteiger partial charge in [0.1, 0.15) is 0 Å². The number of carbonyl (C=O) groups excluding carboxylic acids is 1. The van der Waals surface area contributed by atoms with Crippen molar-refractivity contribution in [2.45, 2.75) is 37.1 Å². The van der Waals surface area contributed by atoms with Gasteiger partial charge in [0.25, 0.3) is 0 Å². The molecule has 0 radical (unpaired) electrons. The Morgan fingerprint density at radius 3 is 2.83 bits per heavy atom. The van der Waals surface area contributed by atoms with Crippen LogP contribution in [0.25, 0.3) is 5.65 Å². The Labute approximate surface area is 173 Å². The fourth-order valence-corrected chi connectivity index (χ4v) is 4.47. The Morgan fingerprint density at radius 2 is 2.07 bits per heavy atom. The number of alkyl halides is 3. The van der Waals surface area contributed by atoms with Crippen LogP contribution in [0, 0.1) is 0 Å². The molecule has 152 valence electrons. The van der Waals surface area contributed by atoms with E-state index in [-0.39, 0.29) is 33.5 Å². The van der Waals surface area contributed by atoms with Crippen LogP contribution in [0.15, 0.2) is 41.7 Å². The maximum absolute atomic E-state index is 13.1. The van der Waals surface area contributed by atoms with E-state index in [1.54, 1.807) is 4.90 Å². The maximum Gasteiger partial charge on any atom is 0.417 e. The van der Waals surface area contributed by atoms with Crippen LogP contribution in [0.5, 0.6) is 0 Å². The zero-order valence-electron chi connectivity index (χ0n) is 15.3. The van der Waals surface area contributed by atoms with Crippen molar-refractivity contribution in [2.24, 2.45) is 0 Å². The maximum atomic E-state index is 13.1. The molecule has 1 unspecified atom stereocenters. The molecule has 4 rings (SSSR count). The second-order valence-corrected chi connectivity index (χ2v) is 8.17. The van der Waals surface area contributed by atoms with Gasteiger partial charge in [-0.05, 0) is 37.5 Å².